The smallest absolute Gasteiger partial charge is 0.479 e. The van der Waals surface area contributed by atoms with Gasteiger partial charge in [0.1, 0.15) is 11.6 Å². The highest BCUT2D eigenvalue weighted by molar-refractivity contribution is 5.78. The molecule has 0 aliphatic heterocycles. The van der Waals surface area contributed by atoms with E-state index in [1.165, 1.54) is 0 Å². The van der Waals surface area contributed by atoms with Crippen molar-refractivity contribution < 1.29 is 37.3 Å². The number of aliphatic hydroxyl groups excluding tert-OH is 1. The number of alkyl halides is 3. The third kappa shape index (κ3) is 3.23. The number of halogens is 4. The molecule has 0 aliphatic rings. The number of aliphatic carboxylic acids is 1. The van der Waals surface area contributed by atoms with E-state index in [-0.39, 0.29) is 6.07 Å². The fourth-order valence-electron chi connectivity index (χ4n) is 1.24. The molecule has 0 heterocycles. The number of hydrogen-bond acceptors (Lipinski definition) is 4. The molecule has 0 radical (unpaired) electrons. The van der Waals surface area contributed by atoms with E-state index in [0.29, 0.717) is 6.07 Å². The summed E-state index contributed by atoms with van der Waals surface area (Å²) in [4.78, 5) is 10.5. The van der Waals surface area contributed by atoms with E-state index in [0.717, 1.165) is 0 Å². The Kier molecular flexibility index (Phi) is 3.65. The summed E-state index contributed by atoms with van der Waals surface area (Å²) in [5, 5.41) is 17.7. The molecule has 0 aliphatic carbocycles. The van der Waals surface area contributed by atoms with Crippen LogP contribution >= 0.6 is 0 Å². The van der Waals surface area contributed by atoms with E-state index in [1.54, 1.807) is 0 Å². The molecule has 1 atom stereocenters. The number of anilines is 1. The van der Waals surface area contributed by atoms with Crippen LogP contribution in [0.4, 0.5) is 23.2 Å². The van der Waals surface area contributed by atoms with Gasteiger partial charge in [0.05, 0.1) is 5.56 Å². The number of carboxylic acids is 1. The number of aliphatic hydroxyl groups is 1. The number of carbonyl (C=O) groups is 1. The van der Waals surface area contributed by atoms with Gasteiger partial charge >= 0.3 is 12.3 Å². The van der Waals surface area contributed by atoms with Crippen LogP contribution in [0.3, 0.4) is 0 Å². The maximum Gasteiger partial charge on any atom is 0.573 e. The van der Waals surface area contributed by atoms with Gasteiger partial charge < -0.3 is 20.7 Å². The van der Waals surface area contributed by atoms with Crippen LogP contribution in [0, 0.1) is 5.82 Å². The van der Waals surface area contributed by atoms with Crippen LogP contribution in [-0.2, 0) is 4.79 Å². The molecule has 1 aromatic carbocycles. The minimum Gasteiger partial charge on any atom is -0.479 e. The number of carboxylic acid groups (broad SMARTS) is 1. The molecule has 0 saturated carbocycles. The fourth-order valence-corrected chi connectivity index (χ4v) is 1.24. The van der Waals surface area contributed by atoms with E-state index in [1.807, 2.05) is 0 Å². The molecular formula is C9H7F4NO4. The van der Waals surface area contributed by atoms with Gasteiger partial charge in [-0.05, 0) is 6.07 Å². The van der Waals surface area contributed by atoms with Gasteiger partial charge in [-0.2, -0.15) is 0 Å². The van der Waals surface area contributed by atoms with Gasteiger partial charge in [-0.3, -0.25) is 0 Å². The molecule has 0 spiro atoms. The molecule has 1 aromatic rings. The predicted octanol–water partition coefficient (Wildman–Crippen LogP) is 1.42. The Hall–Kier alpha value is -2.03. The van der Waals surface area contributed by atoms with Crippen LogP contribution in [0.25, 0.3) is 0 Å². The molecule has 1 unspecified atom stereocenters. The summed E-state index contributed by atoms with van der Waals surface area (Å²) < 4.78 is 52.4. The van der Waals surface area contributed by atoms with Crippen molar-refractivity contribution in [2.24, 2.45) is 0 Å². The van der Waals surface area contributed by atoms with Crippen molar-refractivity contribution in [3.8, 4) is 5.75 Å². The lowest BCUT2D eigenvalue weighted by molar-refractivity contribution is -0.275. The second-order valence-electron chi connectivity index (χ2n) is 3.20. The van der Waals surface area contributed by atoms with E-state index < -0.39 is 41.3 Å². The van der Waals surface area contributed by atoms with Gasteiger partial charge in [-0.25, -0.2) is 9.18 Å². The predicted molar refractivity (Wildman–Crippen MR) is 50.1 cm³/mol. The van der Waals surface area contributed by atoms with E-state index in [9.17, 15) is 27.5 Å². The molecule has 0 aromatic heterocycles. The second kappa shape index (κ2) is 4.69. The van der Waals surface area contributed by atoms with Crippen molar-refractivity contribution in [1.82, 2.24) is 0 Å². The van der Waals surface area contributed by atoms with Crippen LogP contribution in [0.15, 0.2) is 12.1 Å². The van der Waals surface area contributed by atoms with Crippen molar-refractivity contribution in [2.75, 3.05) is 5.73 Å². The first-order valence-corrected chi connectivity index (χ1v) is 4.37. The minimum atomic E-state index is -5.17. The number of hydrogen-bond donors (Lipinski definition) is 3. The number of nitrogens with two attached hydrogens (primary N) is 1. The number of ether oxygens (including phenoxy) is 1. The first-order valence-electron chi connectivity index (χ1n) is 4.37. The Balaban J connectivity index is 3.34. The van der Waals surface area contributed by atoms with Crippen LogP contribution in [-0.4, -0.2) is 22.5 Å². The molecule has 4 N–H and O–H groups in total. The molecule has 0 amide bonds. The average Bonchev–Trinajstić information content (AvgIpc) is 2.12. The molecule has 100 valence electrons. The first-order chi connectivity index (χ1) is 8.11. The Labute approximate surface area is 97.4 Å². The summed E-state index contributed by atoms with van der Waals surface area (Å²) in [6.07, 6.45) is -7.53. The Bertz CT molecular complexity index is 474. The summed E-state index contributed by atoms with van der Waals surface area (Å²) >= 11 is 0. The lowest BCUT2D eigenvalue weighted by atomic mass is 10.1. The molecule has 18 heavy (non-hydrogen) atoms. The van der Waals surface area contributed by atoms with E-state index >= 15 is 0 Å². The Morgan fingerprint density at radius 2 is 1.94 bits per heavy atom. The van der Waals surface area contributed by atoms with Crippen molar-refractivity contribution in [2.45, 2.75) is 12.5 Å². The average molecular weight is 269 g/mol. The minimum absolute atomic E-state index is 0.283. The summed E-state index contributed by atoms with van der Waals surface area (Å²) in [7, 11) is 0. The topological polar surface area (TPSA) is 92.8 Å². The summed E-state index contributed by atoms with van der Waals surface area (Å²) in [6, 6.07) is 0.857. The standard InChI is InChI=1S/C9H7F4NO4/c10-3-1-4(14)6(7(15)8(16)17)5(2-3)18-9(11,12)13/h1-2,7,15H,14H2,(H,16,17). The van der Waals surface area contributed by atoms with Crippen molar-refractivity contribution in [1.29, 1.82) is 0 Å². The van der Waals surface area contributed by atoms with E-state index in [2.05, 4.69) is 4.74 Å². The highest BCUT2D eigenvalue weighted by atomic mass is 19.4. The van der Waals surface area contributed by atoms with Crippen molar-refractivity contribution in [3.05, 3.63) is 23.5 Å². The number of nitrogen functional groups attached to an aromatic ring is 1. The molecule has 5 nitrogen and oxygen atoms in total. The van der Waals surface area contributed by atoms with Crippen LogP contribution in [0.2, 0.25) is 0 Å². The fraction of sp³-hybridized carbons (Fsp3) is 0.222. The molecular weight excluding hydrogens is 262 g/mol. The Morgan fingerprint density at radius 1 is 1.39 bits per heavy atom. The van der Waals surface area contributed by atoms with Crippen LogP contribution < -0.4 is 10.5 Å². The lowest BCUT2D eigenvalue weighted by Crippen LogP contribution is -2.21. The maximum absolute atomic E-state index is 12.9. The van der Waals surface area contributed by atoms with Crippen LogP contribution in [0.1, 0.15) is 11.7 Å². The summed E-state index contributed by atoms with van der Waals surface area (Å²) in [5.41, 5.74) is 3.65. The largest absolute Gasteiger partial charge is 0.573 e. The third-order valence-electron chi connectivity index (χ3n) is 1.87. The zero-order chi connectivity index (χ0) is 14.1. The zero-order valence-electron chi connectivity index (χ0n) is 8.53. The molecule has 9 heteroatoms. The van der Waals surface area contributed by atoms with Gasteiger partial charge in [0.15, 0.2) is 6.10 Å². The van der Waals surface area contributed by atoms with Crippen molar-refractivity contribution in [3.63, 3.8) is 0 Å². The number of benzene rings is 1. The number of rotatable bonds is 3. The van der Waals surface area contributed by atoms with Crippen LogP contribution in [0.5, 0.6) is 5.75 Å². The van der Waals surface area contributed by atoms with Gasteiger partial charge in [-0.15, -0.1) is 13.2 Å². The monoisotopic (exact) mass is 269 g/mol. The van der Waals surface area contributed by atoms with E-state index in [4.69, 9.17) is 10.8 Å². The Morgan fingerprint density at radius 3 is 2.39 bits per heavy atom. The molecule has 1 rings (SSSR count). The SMILES string of the molecule is Nc1cc(F)cc(OC(F)(F)F)c1C(O)C(=O)O. The van der Waals surface area contributed by atoms with Crippen molar-refractivity contribution >= 4 is 11.7 Å². The normalized spacial score (nSPS) is 13.2. The van der Waals surface area contributed by atoms with Gasteiger partial charge in [0.25, 0.3) is 0 Å². The first kappa shape index (κ1) is 14.0. The summed E-state index contributed by atoms with van der Waals surface area (Å²) in [6.45, 7) is 0. The second-order valence-corrected chi connectivity index (χ2v) is 3.20. The quantitative estimate of drug-likeness (QED) is 0.570. The third-order valence-corrected chi connectivity index (χ3v) is 1.87. The highest BCUT2D eigenvalue weighted by Gasteiger charge is 2.35. The molecule has 0 bridgehead atoms. The summed E-state index contributed by atoms with van der Waals surface area (Å²) in [5.74, 6) is -4.21. The van der Waals surface area contributed by atoms with Gasteiger partial charge in [-0.1, -0.05) is 0 Å². The lowest BCUT2D eigenvalue weighted by Gasteiger charge is -2.17. The highest BCUT2D eigenvalue weighted by Crippen LogP contribution is 2.35. The van der Waals surface area contributed by atoms with Gasteiger partial charge in [0.2, 0.25) is 0 Å². The molecule has 0 fully saturated rings. The maximum atomic E-state index is 12.9. The molecule has 0 saturated heterocycles. The zero-order valence-corrected chi connectivity index (χ0v) is 8.53. The van der Waals surface area contributed by atoms with Gasteiger partial charge in [0, 0.05) is 11.8 Å².